The van der Waals surface area contributed by atoms with Crippen LogP contribution in [0.25, 0.3) is 0 Å². The average molecular weight is 332 g/mol. The van der Waals surface area contributed by atoms with Crippen molar-refractivity contribution in [1.82, 2.24) is 10.2 Å². The lowest BCUT2D eigenvalue weighted by molar-refractivity contribution is 0.0114. The van der Waals surface area contributed by atoms with Crippen LogP contribution in [0.2, 0.25) is 0 Å². The molecule has 134 valence electrons. The second-order valence-electron chi connectivity index (χ2n) is 7.26. The fraction of sp³-hybridized carbons (Fsp3) is 0.700. The van der Waals surface area contributed by atoms with Crippen molar-refractivity contribution in [3.8, 4) is 5.75 Å². The predicted octanol–water partition coefficient (Wildman–Crippen LogP) is 2.64. The van der Waals surface area contributed by atoms with E-state index in [0.717, 1.165) is 38.2 Å². The number of hydrogen-bond donors (Lipinski definition) is 1. The summed E-state index contributed by atoms with van der Waals surface area (Å²) in [5, 5.41) is 3.72. The molecule has 0 aromatic heterocycles. The zero-order valence-electron chi connectivity index (χ0n) is 15.2. The van der Waals surface area contributed by atoms with Crippen molar-refractivity contribution in [2.24, 2.45) is 0 Å². The predicted molar refractivity (Wildman–Crippen MR) is 97.9 cm³/mol. The Morgan fingerprint density at radius 3 is 2.79 bits per heavy atom. The molecule has 3 rings (SSSR count). The van der Waals surface area contributed by atoms with E-state index in [1.807, 2.05) is 0 Å². The highest BCUT2D eigenvalue weighted by molar-refractivity contribution is 5.37. The van der Waals surface area contributed by atoms with Gasteiger partial charge in [-0.05, 0) is 75.4 Å². The van der Waals surface area contributed by atoms with Gasteiger partial charge in [-0.3, -0.25) is 0 Å². The van der Waals surface area contributed by atoms with Crippen molar-refractivity contribution in [1.29, 1.82) is 0 Å². The monoisotopic (exact) mass is 332 g/mol. The minimum atomic E-state index is 0.484. The van der Waals surface area contributed by atoms with E-state index < -0.39 is 0 Å². The van der Waals surface area contributed by atoms with Crippen LogP contribution in [0.4, 0.5) is 0 Å². The summed E-state index contributed by atoms with van der Waals surface area (Å²) in [6, 6.07) is 7.11. The molecule has 1 atom stereocenters. The van der Waals surface area contributed by atoms with Gasteiger partial charge in [-0.25, -0.2) is 0 Å². The van der Waals surface area contributed by atoms with Crippen LogP contribution >= 0.6 is 0 Å². The summed E-state index contributed by atoms with van der Waals surface area (Å²) in [7, 11) is 3.93. The number of fused-ring (bicyclic) bond motifs is 1. The zero-order chi connectivity index (χ0) is 16.8. The number of benzene rings is 1. The maximum absolute atomic E-state index is 6.02. The van der Waals surface area contributed by atoms with Crippen LogP contribution in [0.1, 0.15) is 36.8 Å². The zero-order valence-corrected chi connectivity index (χ0v) is 15.2. The Hall–Kier alpha value is -1.10. The van der Waals surface area contributed by atoms with Crippen LogP contribution in [0.3, 0.4) is 0 Å². The van der Waals surface area contributed by atoms with Gasteiger partial charge >= 0.3 is 0 Å². The highest BCUT2D eigenvalue weighted by Crippen LogP contribution is 2.25. The standard InChI is InChI=1S/C20H32N2O2/c1-22-11-8-19(9-12-22)24-13-3-10-21-18-6-4-17-15-20(23-2)7-5-16(17)14-18/h5,7,15,18-19,21H,3-4,6,8-14H2,1-2H3/t18-/m1/s1. The van der Waals surface area contributed by atoms with Gasteiger partial charge in [0.05, 0.1) is 13.2 Å². The van der Waals surface area contributed by atoms with Crippen LogP contribution in [-0.2, 0) is 17.6 Å². The Morgan fingerprint density at radius 1 is 1.17 bits per heavy atom. The van der Waals surface area contributed by atoms with E-state index in [1.54, 1.807) is 7.11 Å². The number of methoxy groups -OCH3 is 1. The highest BCUT2D eigenvalue weighted by Gasteiger charge is 2.19. The van der Waals surface area contributed by atoms with Crippen LogP contribution in [0, 0.1) is 0 Å². The first kappa shape index (κ1) is 17.7. The number of aryl methyl sites for hydroxylation is 1. The molecule has 4 heteroatoms. The van der Waals surface area contributed by atoms with Gasteiger partial charge in [0.15, 0.2) is 0 Å². The highest BCUT2D eigenvalue weighted by atomic mass is 16.5. The molecule has 0 saturated carbocycles. The summed E-state index contributed by atoms with van der Waals surface area (Å²) < 4.78 is 11.3. The minimum absolute atomic E-state index is 0.484. The lowest BCUT2D eigenvalue weighted by Gasteiger charge is -2.29. The molecule has 1 fully saturated rings. The van der Waals surface area contributed by atoms with Crippen molar-refractivity contribution < 1.29 is 9.47 Å². The molecule has 1 saturated heterocycles. The van der Waals surface area contributed by atoms with Gasteiger partial charge < -0.3 is 19.7 Å². The Balaban J connectivity index is 1.31. The van der Waals surface area contributed by atoms with Gasteiger partial charge in [0.2, 0.25) is 0 Å². The van der Waals surface area contributed by atoms with Gasteiger partial charge in [0.1, 0.15) is 5.75 Å². The second kappa shape index (κ2) is 8.84. The molecule has 0 unspecified atom stereocenters. The molecule has 0 radical (unpaired) electrons. The summed E-state index contributed by atoms with van der Waals surface area (Å²) in [5.74, 6) is 0.978. The first-order valence-corrected chi connectivity index (χ1v) is 9.44. The molecule has 4 nitrogen and oxygen atoms in total. The molecule has 1 aliphatic carbocycles. The van der Waals surface area contributed by atoms with Crippen LogP contribution in [0.5, 0.6) is 5.75 Å². The van der Waals surface area contributed by atoms with Crippen molar-refractivity contribution >= 4 is 0 Å². The van der Waals surface area contributed by atoms with E-state index in [0.29, 0.717) is 12.1 Å². The number of piperidine rings is 1. The molecular weight excluding hydrogens is 300 g/mol. The summed E-state index contributed by atoms with van der Waals surface area (Å²) in [6.07, 6.45) is 7.47. The van der Waals surface area contributed by atoms with Gasteiger partial charge in [0, 0.05) is 25.7 Å². The number of rotatable bonds is 7. The number of nitrogens with zero attached hydrogens (tertiary/aromatic N) is 1. The SMILES string of the molecule is COc1ccc2c(c1)CC[C@@H](NCCCOC1CCN(C)CC1)C2. The molecule has 1 aromatic carbocycles. The Labute approximate surface area is 146 Å². The Bertz CT molecular complexity index is 512. The van der Waals surface area contributed by atoms with E-state index in [9.17, 15) is 0 Å². The van der Waals surface area contributed by atoms with Crippen molar-refractivity contribution in [2.75, 3.05) is 40.4 Å². The molecule has 0 bridgehead atoms. The van der Waals surface area contributed by atoms with E-state index in [1.165, 1.54) is 43.5 Å². The summed E-state index contributed by atoms with van der Waals surface area (Å²) in [4.78, 5) is 2.39. The fourth-order valence-electron chi connectivity index (χ4n) is 3.81. The smallest absolute Gasteiger partial charge is 0.119 e. The largest absolute Gasteiger partial charge is 0.497 e. The molecule has 1 N–H and O–H groups in total. The lowest BCUT2D eigenvalue weighted by Crippen LogP contribution is -2.36. The molecule has 1 heterocycles. The quantitative estimate of drug-likeness (QED) is 0.779. The Morgan fingerprint density at radius 2 is 2.00 bits per heavy atom. The van der Waals surface area contributed by atoms with E-state index >= 15 is 0 Å². The normalized spacial score (nSPS) is 22.3. The van der Waals surface area contributed by atoms with Crippen LogP contribution in [0.15, 0.2) is 18.2 Å². The average Bonchev–Trinajstić information content (AvgIpc) is 2.62. The maximum atomic E-state index is 6.02. The molecular formula is C20H32N2O2. The van der Waals surface area contributed by atoms with Crippen molar-refractivity contribution in [3.63, 3.8) is 0 Å². The van der Waals surface area contributed by atoms with Gasteiger partial charge in [-0.2, -0.15) is 0 Å². The second-order valence-corrected chi connectivity index (χ2v) is 7.26. The van der Waals surface area contributed by atoms with Crippen molar-refractivity contribution in [2.45, 2.75) is 50.7 Å². The Kier molecular flexibility index (Phi) is 6.52. The number of likely N-dealkylation sites (tertiary alicyclic amines) is 1. The van der Waals surface area contributed by atoms with E-state index in [2.05, 4.69) is 35.5 Å². The third kappa shape index (κ3) is 4.95. The molecule has 0 spiro atoms. The van der Waals surface area contributed by atoms with E-state index in [-0.39, 0.29) is 0 Å². The summed E-state index contributed by atoms with van der Waals surface area (Å²) in [6.45, 7) is 4.30. The summed E-state index contributed by atoms with van der Waals surface area (Å²) >= 11 is 0. The number of ether oxygens (including phenoxy) is 2. The van der Waals surface area contributed by atoms with Gasteiger partial charge in [0.25, 0.3) is 0 Å². The van der Waals surface area contributed by atoms with E-state index in [4.69, 9.17) is 9.47 Å². The molecule has 1 aliphatic heterocycles. The third-order valence-electron chi connectivity index (χ3n) is 5.42. The van der Waals surface area contributed by atoms with Crippen LogP contribution < -0.4 is 10.1 Å². The molecule has 2 aliphatic rings. The van der Waals surface area contributed by atoms with Crippen molar-refractivity contribution in [3.05, 3.63) is 29.3 Å². The minimum Gasteiger partial charge on any atom is -0.497 e. The molecule has 0 amide bonds. The number of nitrogens with one attached hydrogen (secondary N) is 1. The number of hydrogen-bond acceptors (Lipinski definition) is 4. The molecule has 24 heavy (non-hydrogen) atoms. The lowest BCUT2D eigenvalue weighted by atomic mass is 9.88. The molecule has 1 aromatic rings. The van der Waals surface area contributed by atoms with Gasteiger partial charge in [-0.1, -0.05) is 6.07 Å². The maximum Gasteiger partial charge on any atom is 0.119 e. The van der Waals surface area contributed by atoms with Gasteiger partial charge in [-0.15, -0.1) is 0 Å². The van der Waals surface area contributed by atoms with Crippen LogP contribution in [-0.4, -0.2) is 57.4 Å². The first-order valence-electron chi connectivity index (χ1n) is 9.44. The topological polar surface area (TPSA) is 33.7 Å². The third-order valence-corrected chi connectivity index (χ3v) is 5.42. The summed E-state index contributed by atoms with van der Waals surface area (Å²) in [5.41, 5.74) is 2.93. The first-order chi connectivity index (χ1) is 11.7. The fourth-order valence-corrected chi connectivity index (χ4v) is 3.81.